The first-order valence-electron chi connectivity index (χ1n) is 17.8. The third kappa shape index (κ3) is 4.41. The zero-order chi connectivity index (χ0) is 34.2. The van der Waals surface area contributed by atoms with Crippen molar-refractivity contribution < 1.29 is 9.39 Å². The predicted molar refractivity (Wildman–Crippen MR) is 215 cm³/mol. The Bertz CT molecular complexity index is 2820. The highest BCUT2D eigenvalue weighted by molar-refractivity contribution is 6.84. The summed E-state index contributed by atoms with van der Waals surface area (Å²) in [4.78, 5) is 0. The van der Waals surface area contributed by atoms with Crippen molar-refractivity contribution in [2.75, 3.05) is 0 Å². The molecule has 0 unspecified atom stereocenters. The third-order valence-electron chi connectivity index (χ3n) is 10.7. The minimum atomic E-state index is -0.287. The first-order valence-corrected chi connectivity index (χ1v) is 17.8. The summed E-state index contributed by atoms with van der Waals surface area (Å²) in [5, 5.41) is 2.51. The minimum absolute atomic E-state index is 0.287. The van der Waals surface area contributed by atoms with Crippen LogP contribution in [0.2, 0.25) is 0 Å². The molecule has 8 aromatic carbocycles. The van der Waals surface area contributed by atoms with Gasteiger partial charge in [-0.15, -0.1) is 0 Å². The molecule has 0 N–H and O–H groups in total. The van der Waals surface area contributed by atoms with E-state index in [2.05, 4.69) is 187 Å². The van der Waals surface area contributed by atoms with Gasteiger partial charge in [-0.3, -0.25) is 0 Å². The van der Waals surface area contributed by atoms with Crippen molar-refractivity contribution in [1.82, 2.24) is 4.57 Å². The molecule has 11 rings (SSSR count). The SMILES string of the molecule is c1ccc(-c2ccccc2-c2ccc3c(c2)-c2cccc4c2B(O3)c2cc(-c3cccc(-n5c6ccccc6c6ccccc65)c3)ccc2O4)cc1. The molecule has 52 heavy (non-hydrogen) atoms. The van der Waals surface area contributed by atoms with Gasteiger partial charge in [0.15, 0.2) is 0 Å². The molecule has 0 saturated carbocycles. The van der Waals surface area contributed by atoms with Crippen LogP contribution in [0.5, 0.6) is 17.2 Å². The standard InChI is InChI=1S/C48H30BNO2/c1-2-12-31(13-3-1)36-16-4-5-17-37(36)34-25-26-45-41(29-34)40-20-11-23-47-48(40)49(52-45)42-30-33(24-27-46(42)51-47)32-14-10-15-35(28-32)50-43-21-8-6-18-38(43)39-19-7-9-22-44(39)50/h1-30H. The van der Waals surface area contributed by atoms with Crippen molar-refractivity contribution in [3.8, 4) is 67.4 Å². The molecule has 0 fully saturated rings. The molecule has 4 heteroatoms. The number of ether oxygens (including phenoxy) is 1. The number of hydrogen-bond donors (Lipinski definition) is 0. The highest BCUT2D eigenvalue weighted by atomic mass is 16.5. The van der Waals surface area contributed by atoms with Crippen LogP contribution in [-0.4, -0.2) is 11.5 Å². The molecule has 0 aliphatic carbocycles. The van der Waals surface area contributed by atoms with Gasteiger partial charge in [0, 0.05) is 32.9 Å². The van der Waals surface area contributed by atoms with Crippen molar-refractivity contribution in [2.45, 2.75) is 0 Å². The maximum Gasteiger partial charge on any atom is 0.434 e. The first kappa shape index (κ1) is 29.0. The van der Waals surface area contributed by atoms with Crippen molar-refractivity contribution in [1.29, 1.82) is 0 Å². The fourth-order valence-corrected chi connectivity index (χ4v) is 8.33. The number of fused-ring (bicyclic) bond motifs is 7. The summed E-state index contributed by atoms with van der Waals surface area (Å²) < 4.78 is 15.9. The Hall–Kier alpha value is -6.78. The van der Waals surface area contributed by atoms with Gasteiger partial charge in [0.2, 0.25) is 0 Å². The van der Waals surface area contributed by atoms with Gasteiger partial charge in [0.25, 0.3) is 0 Å². The average molecular weight is 664 g/mol. The zero-order valence-corrected chi connectivity index (χ0v) is 28.2. The number of para-hydroxylation sites is 2. The van der Waals surface area contributed by atoms with Gasteiger partial charge in [-0.25, -0.2) is 0 Å². The Labute approximate surface area is 302 Å². The Balaban J connectivity index is 1.00. The van der Waals surface area contributed by atoms with E-state index in [1.807, 2.05) is 0 Å². The number of rotatable bonds is 4. The van der Waals surface area contributed by atoms with Crippen molar-refractivity contribution in [3.63, 3.8) is 0 Å². The topological polar surface area (TPSA) is 23.4 Å². The maximum atomic E-state index is 6.96. The van der Waals surface area contributed by atoms with E-state index < -0.39 is 0 Å². The van der Waals surface area contributed by atoms with Gasteiger partial charge in [0.1, 0.15) is 17.2 Å². The van der Waals surface area contributed by atoms with Crippen LogP contribution in [0.4, 0.5) is 0 Å². The van der Waals surface area contributed by atoms with Crippen LogP contribution >= 0.6 is 0 Å². The fraction of sp³-hybridized carbons (Fsp3) is 0. The first-order chi connectivity index (χ1) is 25.8. The Morgan fingerprint density at radius 1 is 0.385 bits per heavy atom. The molecular weight excluding hydrogens is 633 g/mol. The van der Waals surface area contributed by atoms with Crippen LogP contribution in [0.25, 0.3) is 72.0 Å². The summed E-state index contributed by atoms with van der Waals surface area (Å²) in [6.45, 7) is -0.287. The van der Waals surface area contributed by atoms with E-state index in [0.29, 0.717) is 0 Å². The predicted octanol–water partition coefficient (Wildman–Crippen LogP) is 11.1. The molecule has 9 aromatic rings. The van der Waals surface area contributed by atoms with Gasteiger partial charge < -0.3 is 14.0 Å². The molecule has 0 radical (unpaired) electrons. The molecule has 0 bridgehead atoms. The van der Waals surface area contributed by atoms with Crippen LogP contribution in [0, 0.1) is 0 Å². The number of hydrogen-bond acceptors (Lipinski definition) is 2. The largest absolute Gasteiger partial charge is 0.551 e. The number of aromatic nitrogens is 1. The number of nitrogens with zero attached hydrogens (tertiary/aromatic N) is 1. The quantitative estimate of drug-likeness (QED) is 0.175. The summed E-state index contributed by atoms with van der Waals surface area (Å²) in [5.41, 5.74) is 14.9. The van der Waals surface area contributed by atoms with E-state index in [4.69, 9.17) is 9.39 Å². The molecule has 1 aromatic heterocycles. The molecule has 2 aliphatic rings. The van der Waals surface area contributed by atoms with Gasteiger partial charge in [0.05, 0.1) is 11.0 Å². The molecule has 0 amide bonds. The van der Waals surface area contributed by atoms with Crippen LogP contribution in [0.15, 0.2) is 182 Å². The molecule has 0 spiro atoms. The second-order valence-electron chi connectivity index (χ2n) is 13.6. The summed E-state index contributed by atoms with van der Waals surface area (Å²) in [7, 11) is 0. The Morgan fingerprint density at radius 2 is 1.00 bits per heavy atom. The second kappa shape index (κ2) is 11.4. The van der Waals surface area contributed by atoms with Crippen molar-refractivity contribution in [3.05, 3.63) is 182 Å². The van der Waals surface area contributed by atoms with E-state index in [9.17, 15) is 0 Å². The lowest BCUT2D eigenvalue weighted by atomic mass is 9.50. The van der Waals surface area contributed by atoms with E-state index in [0.717, 1.165) is 61.7 Å². The molecule has 0 atom stereocenters. The van der Waals surface area contributed by atoms with Crippen molar-refractivity contribution >= 4 is 39.6 Å². The smallest absolute Gasteiger partial charge is 0.434 e. The zero-order valence-electron chi connectivity index (χ0n) is 28.2. The van der Waals surface area contributed by atoms with Crippen LogP contribution in [0.1, 0.15) is 0 Å². The summed E-state index contributed by atoms with van der Waals surface area (Å²) in [6, 6.07) is 64.7. The van der Waals surface area contributed by atoms with Crippen LogP contribution < -0.4 is 20.3 Å². The normalized spacial score (nSPS) is 12.5. The fourth-order valence-electron chi connectivity index (χ4n) is 8.33. The van der Waals surface area contributed by atoms with Gasteiger partial charge in [-0.2, -0.15) is 0 Å². The van der Waals surface area contributed by atoms with E-state index in [1.165, 1.54) is 38.5 Å². The second-order valence-corrected chi connectivity index (χ2v) is 13.6. The van der Waals surface area contributed by atoms with Crippen LogP contribution in [0.3, 0.4) is 0 Å². The molecule has 2 aliphatic heterocycles. The van der Waals surface area contributed by atoms with Gasteiger partial charge >= 0.3 is 6.92 Å². The highest BCUT2D eigenvalue weighted by Crippen LogP contribution is 2.43. The molecule has 0 saturated heterocycles. The maximum absolute atomic E-state index is 6.96. The lowest BCUT2D eigenvalue weighted by Gasteiger charge is -2.33. The molecule has 3 heterocycles. The van der Waals surface area contributed by atoms with Crippen molar-refractivity contribution in [2.24, 2.45) is 0 Å². The Morgan fingerprint density at radius 3 is 1.81 bits per heavy atom. The minimum Gasteiger partial charge on any atom is -0.551 e. The molecule has 242 valence electrons. The average Bonchev–Trinajstić information content (AvgIpc) is 3.55. The van der Waals surface area contributed by atoms with Crippen LogP contribution in [-0.2, 0) is 0 Å². The van der Waals surface area contributed by atoms with Gasteiger partial charge in [-0.1, -0.05) is 133 Å². The Kier molecular flexibility index (Phi) is 6.35. The summed E-state index contributed by atoms with van der Waals surface area (Å²) >= 11 is 0. The highest BCUT2D eigenvalue weighted by Gasteiger charge is 2.40. The summed E-state index contributed by atoms with van der Waals surface area (Å²) in [6.07, 6.45) is 0. The summed E-state index contributed by atoms with van der Waals surface area (Å²) in [5.74, 6) is 2.55. The monoisotopic (exact) mass is 663 g/mol. The third-order valence-corrected chi connectivity index (χ3v) is 10.7. The lowest BCUT2D eigenvalue weighted by molar-refractivity contribution is 0.479. The van der Waals surface area contributed by atoms with Gasteiger partial charge in [-0.05, 0) is 87.5 Å². The van der Waals surface area contributed by atoms with E-state index in [-0.39, 0.29) is 6.92 Å². The van der Waals surface area contributed by atoms with E-state index >= 15 is 0 Å². The molecule has 3 nitrogen and oxygen atoms in total. The van der Waals surface area contributed by atoms with E-state index in [1.54, 1.807) is 0 Å². The number of benzene rings is 8. The lowest BCUT2D eigenvalue weighted by Crippen LogP contribution is -2.53. The molecular formula is C48H30BNO2.